The summed E-state index contributed by atoms with van der Waals surface area (Å²) >= 11 is 0. The van der Waals surface area contributed by atoms with Crippen LogP contribution in [-0.2, 0) is 4.74 Å². The summed E-state index contributed by atoms with van der Waals surface area (Å²) in [5, 5.41) is 3.13. The fourth-order valence-corrected chi connectivity index (χ4v) is 0.948. The lowest BCUT2D eigenvalue weighted by Crippen LogP contribution is -2.28. The Morgan fingerprint density at radius 2 is 2.23 bits per heavy atom. The zero-order chi connectivity index (χ0) is 10.1. The number of ether oxygens (including phenoxy) is 1. The van der Waals surface area contributed by atoms with E-state index in [0.717, 1.165) is 6.54 Å². The van der Waals surface area contributed by atoms with Gasteiger partial charge in [-0.05, 0) is 13.0 Å². The number of hydrogen-bond acceptors (Lipinski definition) is 2. The first-order chi connectivity index (χ1) is 6.20. The minimum Gasteiger partial charge on any atom is -0.375 e. The molecule has 0 saturated heterocycles. The Balaban J connectivity index is 3.32. The van der Waals surface area contributed by atoms with Gasteiger partial charge in [0.05, 0.1) is 0 Å². The molecule has 0 rings (SSSR count). The molecule has 0 aliphatic heterocycles. The molecule has 0 aliphatic rings. The van der Waals surface area contributed by atoms with Gasteiger partial charge in [-0.25, -0.2) is 8.78 Å². The van der Waals surface area contributed by atoms with Crippen molar-refractivity contribution in [1.82, 2.24) is 5.32 Å². The van der Waals surface area contributed by atoms with Crippen LogP contribution in [-0.4, -0.2) is 32.2 Å². The monoisotopic (exact) mass is 193 g/mol. The molecule has 78 valence electrons. The van der Waals surface area contributed by atoms with Crippen molar-refractivity contribution in [2.24, 2.45) is 0 Å². The van der Waals surface area contributed by atoms with Crippen molar-refractivity contribution < 1.29 is 13.5 Å². The smallest absolute Gasteiger partial charge is 0.261 e. The molecule has 0 bridgehead atoms. The number of nitrogens with one attached hydrogen (secondary N) is 1. The van der Waals surface area contributed by atoms with Gasteiger partial charge in [-0.15, -0.1) is 6.58 Å². The van der Waals surface area contributed by atoms with Gasteiger partial charge in [0.15, 0.2) is 0 Å². The highest BCUT2D eigenvalue weighted by atomic mass is 19.3. The fourth-order valence-electron chi connectivity index (χ4n) is 0.948. The van der Waals surface area contributed by atoms with Crippen molar-refractivity contribution >= 4 is 0 Å². The normalized spacial score (nSPS) is 13.2. The highest BCUT2D eigenvalue weighted by Crippen LogP contribution is 1.97. The maximum atomic E-state index is 11.6. The van der Waals surface area contributed by atoms with Gasteiger partial charge in [0.2, 0.25) is 0 Å². The first kappa shape index (κ1) is 12.5. The van der Waals surface area contributed by atoms with Gasteiger partial charge >= 0.3 is 0 Å². The third-order valence-electron chi connectivity index (χ3n) is 1.57. The molecule has 1 unspecified atom stereocenters. The van der Waals surface area contributed by atoms with Gasteiger partial charge in [-0.2, -0.15) is 0 Å². The molecule has 0 saturated carbocycles. The van der Waals surface area contributed by atoms with E-state index in [9.17, 15) is 8.78 Å². The van der Waals surface area contributed by atoms with Crippen molar-refractivity contribution in [3.05, 3.63) is 12.7 Å². The van der Waals surface area contributed by atoms with E-state index < -0.39 is 13.0 Å². The van der Waals surface area contributed by atoms with Crippen LogP contribution in [0.3, 0.4) is 0 Å². The minimum atomic E-state index is -2.37. The predicted octanol–water partition coefficient (Wildman–Crippen LogP) is 1.82. The summed E-state index contributed by atoms with van der Waals surface area (Å²) < 4.78 is 28.0. The standard InChI is InChI=1S/C9H17F2NO/c1-3-8(12-4-2)5-6-13-7-9(10)11/h3,8-9,12H,1,4-7H2,2H3. The number of halogens is 2. The fraction of sp³-hybridized carbons (Fsp3) is 0.778. The van der Waals surface area contributed by atoms with Crippen LogP contribution in [0.15, 0.2) is 12.7 Å². The largest absolute Gasteiger partial charge is 0.375 e. The van der Waals surface area contributed by atoms with Gasteiger partial charge in [0.1, 0.15) is 6.61 Å². The third kappa shape index (κ3) is 7.87. The van der Waals surface area contributed by atoms with Crippen LogP contribution in [0.4, 0.5) is 8.78 Å². The molecule has 4 heteroatoms. The van der Waals surface area contributed by atoms with Crippen LogP contribution < -0.4 is 5.32 Å². The number of rotatable bonds is 8. The zero-order valence-corrected chi connectivity index (χ0v) is 7.93. The van der Waals surface area contributed by atoms with Crippen molar-refractivity contribution in [2.45, 2.75) is 25.8 Å². The lowest BCUT2D eigenvalue weighted by molar-refractivity contribution is 0.0155. The minimum absolute atomic E-state index is 0.155. The summed E-state index contributed by atoms with van der Waals surface area (Å²) in [6.45, 7) is 6.31. The molecule has 0 aromatic heterocycles. The van der Waals surface area contributed by atoms with E-state index >= 15 is 0 Å². The van der Waals surface area contributed by atoms with Crippen molar-refractivity contribution in [3.63, 3.8) is 0 Å². The summed E-state index contributed by atoms with van der Waals surface area (Å²) in [5.41, 5.74) is 0. The predicted molar refractivity (Wildman–Crippen MR) is 49.1 cm³/mol. The molecule has 13 heavy (non-hydrogen) atoms. The van der Waals surface area contributed by atoms with E-state index in [1.165, 1.54) is 0 Å². The molecule has 1 N–H and O–H groups in total. The van der Waals surface area contributed by atoms with Gasteiger partial charge < -0.3 is 10.1 Å². The molecular formula is C9H17F2NO. The summed E-state index contributed by atoms with van der Waals surface area (Å²) in [6.07, 6.45) is 0.0700. The molecule has 1 atom stereocenters. The molecule has 0 aromatic rings. The number of alkyl halides is 2. The molecule has 0 radical (unpaired) electrons. The lowest BCUT2D eigenvalue weighted by Gasteiger charge is -2.12. The second-order valence-electron chi connectivity index (χ2n) is 2.65. The Labute approximate surface area is 78.0 Å². The molecule has 2 nitrogen and oxygen atoms in total. The highest BCUT2D eigenvalue weighted by molar-refractivity contribution is 4.84. The Bertz CT molecular complexity index is 131. The summed E-state index contributed by atoms with van der Waals surface area (Å²) in [4.78, 5) is 0. The van der Waals surface area contributed by atoms with Gasteiger partial charge in [0.25, 0.3) is 6.43 Å². The van der Waals surface area contributed by atoms with Crippen LogP contribution in [0.2, 0.25) is 0 Å². The highest BCUT2D eigenvalue weighted by Gasteiger charge is 2.04. The van der Waals surface area contributed by atoms with E-state index in [2.05, 4.69) is 11.9 Å². The van der Waals surface area contributed by atoms with Crippen LogP contribution >= 0.6 is 0 Å². The Morgan fingerprint density at radius 3 is 2.69 bits per heavy atom. The van der Waals surface area contributed by atoms with E-state index in [1.54, 1.807) is 6.08 Å². The second kappa shape index (κ2) is 8.13. The maximum absolute atomic E-state index is 11.6. The molecule has 0 aliphatic carbocycles. The molecule has 0 amide bonds. The molecule has 0 heterocycles. The third-order valence-corrected chi connectivity index (χ3v) is 1.57. The van der Waals surface area contributed by atoms with Crippen LogP contribution in [0.25, 0.3) is 0 Å². The molecular weight excluding hydrogens is 176 g/mol. The second-order valence-corrected chi connectivity index (χ2v) is 2.65. The van der Waals surface area contributed by atoms with Crippen molar-refractivity contribution in [1.29, 1.82) is 0 Å². The van der Waals surface area contributed by atoms with Crippen LogP contribution in [0.5, 0.6) is 0 Å². The average Bonchev–Trinajstić information content (AvgIpc) is 2.10. The van der Waals surface area contributed by atoms with E-state index in [1.807, 2.05) is 6.92 Å². The summed E-state index contributed by atoms with van der Waals surface area (Å²) in [5.74, 6) is 0. The summed E-state index contributed by atoms with van der Waals surface area (Å²) in [6, 6.07) is 0.155. The average molecular weight is 193 g/mol. The zero-order valence-electron chi connectivity index (χ0n) is 7.93. The Kier molecular flexibility index (Phi) is 7.83. The van der Waals surface area contributed by atoms with Gasteiger partial charge in [0, 0.05) is 12.6 Å². The first-order valence-corrected chi connectivity index (χ1v) is 4.42. The molecule has 0 fully saturated rings. The van der Waals surface area contributed by atoms with E-state index in [-0.39, 0.29) is 6.04 Å². The quantitative estimate of drug-likeness (QED) is 0.469. The van der Waals surface area contributed by atoms with Crippen LogP contribution in [0, 0.1) is 0 Å². The van der Waals surface area contributed by atoms with Crippen LogP contribution in [0.1, 0.15) is 13.3 Å². The Morgan fingerprint density at radius 1 is 1.54 bits per heavy atom. The van der Waals surface area contributed by atoms with Crippen molar-refractivity contribution in [3.8, 4) is 0 Å². The lowest BCUT2D eigenvalue weighted by atomic mass is 10.2. The number of likely N-dealkylation sites (N-methyl/N-ethyl adjacent to an activating group) is 1. The maximum Gasteiger partial charge on any atom is 0.261 e. The first-order valence-electron chi connectivity index (χ1n) is 4.42. The Hall–Kier alpha value is -0.480. The summed E-state index contributed by atoms with van der Waals surface area (Å²) in [7, 11) is 0. The van der Waals surface area contributed by atoms with E-state index in [0.29, 0.717) is 13.0 Å². The SMILES string of the molecule is C=CC(CCOCC(F)F)NCC. The molecule has 0 spiro atoms. The van der Waals surface area contributed by atoms with Gasteiger partial charge in [-0.3, -0.25) is 0 Å². The topological polar surface area (TPSA) is 21.3 Å². The van der Waals surface area contributed by atoms with E-state index in [4.69, 9.17) is 4.74 Å². The molecule has 0 aromatic carbocycles. The van der Waals surface area contributed by atoms with Gasteiger partial charge in [-0.1, -0.05) is 13.0 Å². The number of hydrogen-bond donors (Lipinski definition) is 1. The van der Waals surface area contributed by atoms with Crippen molar-refractivity contribution in [2.75, 3.05) is 19.8 Å².